The van der Waals surface area contributed by atoms with E-state index >= 15 is 0 Å². The maximum Gasteiger partial charge on any atom is 0.266 e. The molecule has 0 radical (unpaired) electrons. The minimum atomic E-state index is -0.0164. The standard InChI is InChI=1S/C24H23N3O2S/c1-4-26-23(28)22(30-24(26)25-18-8-6-5-7-9-18)16-20-11-10-17(2)27(20)19-12-14-21(29-3)15-13-19/h5-16H,4H2,1-3H3/b22-16-,25-24?. The lowest BCUT2D eigenvalue weighted by atomic mass is 10.2. The third-order valence-corrected chi connectivity index (χ3v) is 5.91. The lowest BCUT2D eigenvalue weighted by molar-refractivity contribution is -0.122. The molecule has 1 aliphatic rings. The summed E-state index contributed by atoms with van der Waals surface area (Å²) in [6.07, 6.45) is 1.94. The van der Waals surface area contributed by atoms with Gasteiger partial charge in [0.05, 0.1) is 17.7 Å². The van der Waals surface area contributed by atoms with Crippen LogP contribution in [0.2, 0.25) is 0 Å². The van der Waals surface area contributed by atoms with Gasteiger partial charge in [-0.2, -0.15) is 0 Å². The number of aryl methyl sites for hydroxylation is 1. The lowest BCUT2D eigenvalue weighted by Crippen LogP contribution is -2.28. The van der Waals surface area contributed by atoms with Gasteiger partial charge in [0.2, 0.25) is 0 Å². The van der Waals surface area contributed by atoms with Crippen LogP contribution in [0.25, 0.3) is 11.8 Å². The third kappa shape index (κ3) is 3.91. The van der Waals surface area contributed by atoms with Crippen molar-refractivity contribution in [1.29, 1.82) is 0 Å². The molecule has 0 unspecified atom stereocenters. The zero-order valence-corrected chi connectivity index (χ0v) is 18.0. The van der Waals surface area contributed by atoms with Crippen molar-refractivity contribution in [2.75, 3.05) is 13.7 Å². The SMILES string of the molecule is CCN1C(=O)/C(=C/c2ccc(C)n2-c2ccc(OC)cc2)SC1=Nc1ccccc1. The van der Waals surface area contributed by atoms with Gasteiger partial charge in [-0.25, -0.2) is 4.99 Å². The molecular formula is C24H23N3O2S. The lowest BCUT2D eigenvalue weighted by Gasteiger charge is -2.12. The van der Waals surface area contributed by atoms with Gasteiger partial charge < -0.3 is 9.30 Å². The molecule has 0 N–H and O–H groups in total. The predicted octanol–water partition coefficient (Wildman–Crippen LogP) is 5.42. The zero-order chi connectivity index (χ0) is 21.1. The minimum Gasteiger partial charge on any atom is -0.497 e. The van der Waals surface area contributed by atoms with Crippen LogP contribution in [0.5, 0.6) is 5.75 Å². The largest absolute Gasteiger partial charge is 0.497 e. The number of para-hydroxylation sites is 1. The Morgan fingerprint density at radius 1 is 1.03 bits per heavy atom. The number of benzene rings is 2. The van der Waals surface area contributed by atoms with Gasteiger partial charge in [-0.3, -0.25) is 9.69 Å². The molecular weight excluding hydrogens is 394 g/mol. The number of thioether (sulfide) groups is 1. The first kappa shape index (κ1) is 20.0. The maximum absolute atomic E-state index is 13.0. The molecule has 1 fully saturated rings. The molecule has 1 saturated heterocycles. The van der Waals surface area contributed by atoms with Crippen molar-refractivity contribution in [3.05, 3.63) is 83.0 Å². The Kier molecular flexibility index (Phi) is 5.77. The smallest absolute Gasteiger partial charge is 0.266 e. The van der Waals surface area contributed by atoms with Crippen LogP contribution in [0.1, 0.15) is 18.3 Å². The zero-order valence-electron chi connectivity index (χ0n) is 17.2. The first-order chi connectivity index (χ1) is 14.6. The van der Waals surface area contributed by atoms with E-state index in [1.807, 2.05) is 73.7 Å². The molecule has 1 aromatic heterocycles. The van der Waals surface area contributed by atoms with Gasteiger partial charge in [-0.15, -0.1) is 0 Å². The number of aromatic nitrogens is 1. The number of carbonyl (C=O) groups is 1. The first-order valence-corrected chi connectivity index (χ1v) is 10.6. The molecule has 6 heteroatoms. The molecule has 4 rings (SSSR count). The van der Waals surface area contributed by atoms with Crippen LogP contribution in [0.15, 0.2) is 76.6 Å². The van der Waals surface area contributed by atoms with E-state index in [2.05, 4.69) is 22.5 Å². The highest BCUT2D eigenvalue weighted by atomic mass is 32.2. The number of nitrogens with zero attached hydrogens (tertiary/aromatic N) is 3. The second kappa shape index (κ2) is 8.63. The average molecular weight is 418 g/mol. The molecule has 1 aliphatic heterocycles. The van der Waals surface area contributed by atoms with Crippen LogP contribution < -0.4 is 4.74 Å². The highest BCUT2D eigenvalue weighted by Crippen LogP contribution is 2.34. The summed E-state index contributed by atoms with van der Waals surface area (Å²) in [5, 5.41) is 0.708. The van der Waals surface area contributed by atoms with Crippen molar-refractivity contribution < 1.29 is 9.53 Å². The van der Waals surface area contributed by atoms with E-state index in [0.29, 0.717) is 16.6 Å². The Labute approximate surface area is 180 Å². The third-order valence-electron chi connectivity index (χ3n) is 4.90. The van der Waals surface area contributed by atoms with Crippen LogP contribution in [0.3, 0.4) is 0 Å². The molecule has 0 atom stereocenters. The number of likely N-dealkylation sites (N-methyl/N-ethyl adjacent to an activating group) is 1. The summed E-state index contributed by atoms with van der Waals surface area (Å²) in [6.45, 7) is 4.59. The van der Waals surface area contributed by atoms with E-state index in [0.717, 1.165) is 28.5 Å². The molecule has 0 bridgehead atoms. The van der Waals surface area contributed by atoms with Crippen LogP contribution in [0, 0.1) is 6.92 Å². The maximum atomic E-state index is 13.0. The molecule has 2 aromatic carbocycles. The van der Waals surface area contributed by atoms with Crippen molar-refractivity contribution in [2.24, 2.45) is 4.99 Å². The van der Waals surface area contributed by atoms with E-state index in [9.17, 15) is 4.79 Å². The summed E-state index contributed by atoms with van der Waals surface area (Å²) in [7, 11) is 1.66. The molecule has 3 aromatic rings. The Bertz CT molecular complexity index is 1120. The van der Waals surface area contributed by atoms with Gasteiger partial charge in [0.1, 0.15) is 5.75 Å². The van der Waals surface area contributed by atoms with Gasteiger partial charge in [-0.1, -0.05) is 18.2 Å². The Morgan fingerprint density at radius 2 is 1.77 bits per heavy atom. The van der Waals surface area contributed by atoms with Crippen molar-refractivity contribution >= 4 is 34.6 Å². The van der Waals surface area contributed by atoms with Crippen LogP contribution >= 0.6 is 11.8 Å². The minimum absolute atomic E-state index is 0.0164. The average Bonchev–Trinajstić information content (AvgIpc) is 3.28. The van der Waals surface area contributed by atoms with Gasteiger partial charge >= 0.3 is 0 Å². The monoisotopic (exact) mass is 417 g/mol. The summed E-state index contributed by atoms with van der Waals surface area (Å²) in [4.78, 5) is 20.1. The second-order valence-corrected chi connectivity index (χ2v) is 7.83. The van der Waals surface area contributed by atoms with E-state index < -0.39 is 0 Å². The molecule has 0 aliphatic carbocycles. The molecule has 2 heterocycles. The highest BCUT2D eigenvalue weighted by Gasteiger charge is 2.32. The summed E-state index contributed by atoms with van der Waals surface area (Å²) in [5.41, 5.74) is 3.90. The molecule has 5 nitrogen and oxygen atoms in total. The number of methoxy groups -OCH3 is 1. The van der Waals surface area contributed by atoms with Crippen molar-refractivity contribution in [2.45, 2.75) is 13.8 Å². The topological polar surface area (TPSA) is 46.8 Å². The summed E-state index contributed by atoms with van der Waals surface area (Å²) >= 11 is 1.41. The van der Waals surface area contributed by atoms with Crippen molar-refractivity contribution in [3.8, 4) is 11.4 Å². The number of hydrogen-bond donors (Lipinski definition) is 0. The van der Waals surface area contributed by atoms with Crippen LogP contribution in [-0.2, 0) is 4.79 Å². The Hall–Kier alpha value is -3.25. The fourth-order valence-electron chi connectivity index (χ4n) is 3.37. The molecule has 0 spiro atoms. The second-order valence-electron chi connectivity index (χ2n) is 6.82. The number of ether oxygens (including phenoxy) is 1. The van der Waals surface area contributed by atoms with E-state index in [4.69, 9.17) is 4.74 Å². The normalized spacial score (nSPS) is 16.6. The highest BCUT2D eigenvalue weighted by molar-refractivity contribution is 8.18. The van der Waals surface area contributed by atoms with Gasteiger partial charge in [0.25, 0.3) is 5.91 Å². The van der Waals surface area contributed by atoms with E-state index in [1.54, 1.807) is 12.0 Å². The van der Waals surface area contributed by atoms with Crippen molar-refractivity contribution in [3.63, 3.8) is 0 Å². The summed E-state index contributed by atoms with van der Waals surface area (Å²) < 4.78 is 7.39. The van der Waals surface area contributed by atoms with Gasteiger partial charge in [0, 0.05) is 23.6 Å². The number of amides is 1. The summed E-state index contributed by atoms with van der Waals surface area (Å²) in [5.74, 6) is 0.794. The van der Waals surface area contributed by atoms with E-state index in [-0.39, 0.29) is 5.91 Å². The van der Waals surface area contributed by atoms with Gasteiger partial charge in [0.15, 0.2) is 5.17 Å². The number of rotatable bonds is 5. The fourth-order valence-corrected chi connectivity index (χ4v) is 4.42. The molecule has 30 heavy (non-hydrogen) atoms. The predicted molar refractivity (Wildman–Crippen MR) is 124 cm³/mol. The Morgan fingerprint density at radius 3 is 2.43 bits per heavy atom. The number of hydrogen-bond acceptors (Lipinski definition) is 4. The quantitative estimate of drug-likeness (QED) is 0.521. The van der Waals surface area contributed by atoms with E-state index in [1.165, 1.54) is 11.8 Å². The fraction of sp³-hybridized carbons (Fsp3) is 0.167. The first-order valence-electron chi connectivity index (χ1n) is 9.78. The van der Waals surface area contributed by atoms with Crippen LogP contribution in [0.4, 0.5) is 5.69 Å². The van der Waals surface area contributed by atoms with Crippen molar-refractivity contribution in [1.82, 2.24) is 9.47 Å². The van der Waals surface area contributed by atoms with Gasteiger partial charge in [-0.05, 0) is 80.2 Å². The molecule has 0 saturated carbocycles. The Balaban J connectivity index is 1.70. The molecule has 1 amide bonds. The summed E-state index contributed by atoms with van der Waals surface area (Å²) in [6, 6.07) is 21.7. The molecule has 152 valence electrons. The number of aliphatic imine (C=N–C) groups is 1. The van der Waals surface area contributed by atoms with Crippen LogP contribution in [-0.4, -0.2) is 34.2 Å². The number of amidine groups is 1. The number of carbonyl (C=O) groups excluding carboxylic acids is 1.